The average Bonchev–Trinajstić information content (AvgIpc) is 3.27. The zero-order valence-electron chi connectivity index (χ0n) is 20.4. The highest BCUT2D eigenvalue weighted by Crippen LogP contribution is 2.41. The first-order valence-electron chi connectivity index (χ1n) is 11.7. The molecule has 1 N–H and O–H groups in total. The summed E-state index contributed by atoms with van der Waals surface area (Å²) in [5.41, 5.74) is 2.21. The van der Waals surface area contributed by atoms with Crippen LogP contribution in [0.15, 0.2) is 83.9 Å². The lowest BCUT2D eigenvalue weighted by Gasteiger charge is -2.30. The Balaban J connectivity index is 1.70. The van der Waals surface area contributed by atoms with Crippen molar-refractivity contribution in [3.05, 3.63) is 95.9 Å². The molecule has 0 saturated carbocycles. The van der Waals surface area contributed by atoms with Crippen LogP contribution in [0.1, 0.15) is 32.0 Å². The highest BCUT2D eigenvalue weighted by atomic mass is 35.5. The Morgan fingerprint density at radius 1 is 1.14 bits per heavy atom. The molecule has 0 spiro atoms. The van der Waals surface area contributed by atoms with Crippen LogP contribution in [0.5, 0.6) is 5.75 Å². The number of hydrogen-bond donors (Lipinski definition) is 1. The van der Waals surface area contributed by atoms with Gasteiger partial charge in [0.05, 0.1) is 23.4 Å². The number of hydrogen-bond acceptors (Lipinski definition) is 4. The number of imidazole rings is 1. The molecule has 190 valence electrons. The first kappa shape index (κ1) is 26.5. The standard InChI is InChI=1S/C28H29ClF2N2O2S/c1-27(2,19-6-12-22(13-7-19)35-16-15-34)25-17-32-26(33(25)21-10-8-20(30)9-11-21)36-18-23-24(31)5-4-14-28(23,3)29/h4-14,17,23,34H,15-16,18H2,1-3H3. The highest BCUT2D eigenvalue weighted by molar-refractivity contribution is 7.99. The fourth-order valence-corrected chi connectivity index (χ4v) is 5.85. The Kier molecular flexibility index (Phi) is 7.93. The lowest BCUT2D eigenvalue weighted by Crippen LogP contribution is -2.30. The van der Waals surface area contributed by atoms with Gasteiger partial charge in [0.25, 0.3) is 0 Å². The Morgan fingerprint density at radius 3 is 2.47 bits per heavy atom. The molecule has 1 aromatic heterocycles. The summed E-state index contributed by atoms with van der Waals surface area (Å²) in [6, 6.07) is 14.0. The Labute approximate surface area is 219 Å². The summed E-state index contributed by atoms with van der Waals surface area (Å²) in [6.07, 6.45) is 6.71. The first-order chi connectivity index (χ1) is 17.1. The summed E-state index contributed by atoms with van der Waals surface area (Å²) in [7, 11) is 0. The molecule has 0 bridgehead atoms. The molecule has 0 saturated heterocycles. The van der Waals surface area contributed by atoms with Crippen molar-refractivity contribution in [3.63, 3.8) is 0 Å². The molecule has 2 aromatic carbocycles. The van der Waals surface area contributed by atoms with E-state index in [4.69, 9.17) is 26.4 Å². The topological polar surface area (TPSA) is 47.3 Å². The molecule has 0 amide bonds. The summed E-state index contributed by atoms with van der Waals surface area (Å²) < 4.78 is 35.9. The van der Waals surface area contributed by atoms with Crippen molar-refractivity contribution >= 4 is 23.4 Å². The maximum atomic E-state index is 14.7. The number of nitrogens with zero attached hydrogens (tertiary/aromatic N) is 2. The van der Waals surface area contributed by atoms with Gasteiger partial charge in [-0.1, -0.05) is 49.9 Å². The van der Waals surface area contributed by atoms with Crippen LogP contribution in [-0.2, 0) is 5.41 Å². The van der Waals surface area contributed by atoms with Crippen molar-refractivity contribution < 1.29 is 18.6 Å². The monoisotopic (exact) mass is 530 g/mol. The number of alkyl halides is 1. The van der Waals surface area contributed by atoms with Gasteiger partial charge in [0.2, 0.25) is 0 Å². The fourth-order valence-electron chi connectivity index (χ4n) is 4.23. The summed E-state index contributed by atoms with van der Waals surface area (Å²) in [4.78, 5) is 3.87. The Bertz CT molecular complexity index is 1250. The molecule has 4 rings (SSSR count). The highest BCUT2D eigenvalue weighted by Gasteiger charge is 2.36. The summed E-state index contributed by atoms with van der Waals surface area (Å²) in [5, 5.41) is 9.66. The molecule has 1 aliphatic rings. The third-order valence-electron chi connectivity index (χ3n) is 6.46. The third-order valence-corrected chi connectivity index (χ3v) is 7.90. The number of aliphatic hydroxyl groups is 1. The molecule has 8 heteroatoms. The minimum Gasteiger partial charge on any atom is -0.491 e. The number of aliphatic hydroxyl groups excluding tert-OH is 1. The number of aromatic nitrogens is 2. The van der Waals surface area contributed by atoms with Crippen LogP contribution in [0.2, 0.25) is 0 Å². The Hall–Kier alpha value is -2.61. The van der Waals surface area contributed by atoms with Gasteiger partial charge >= 0.3 is 0 Å². The van der Waals surface area contributed by atoms with Gasteiger partial charge in [-0.25, -0.2) is 13.8 Å². The van der Waals surface area contributed by atoms with E-state index in [1.165, 1.54) is 30.0 Å². The maximum absolute atomic E-state index is 14.7. The lowest BCUT2D eigenvalue weighted by molar-refractivity contribution is 0.201. The minimum atomic E-state index is -0.832. The van der Waals surface area contributed by atoms with E-state index >= 15 is 0 Å². The van der Waals surface area contributed by atoms with Crippen LogP contribution in [0.25, 0.3) is 5.69 Å². The van der Waals surface area contributed by atoms with Gasteiger partial charge < -0.3 is 9.84 Å². The number of allylic oxidation sites excluding steroid dienone is 4. The SMILES string of the molecule is CC(C)(c1ccc(OCCO)cc1)c1cnc(SCC2C(F)=CC=CC2(C)Cl)n1-c1ccc(F)cc1. The van der Waals surface area contributed by atoms with Gasteiger partial charge in [0, 0.05) is 22.8 Å². The molecule has 2 atom stereocenters. The van der Waals surface area contributed by atoms with Crippen molar-refractivity contribution in [2.45, 2.75) is 36.2 Å². The summed E-state index contributed by atoms with van der Waals surface area (Å²) in [5.74, 6) is -0.0252. The van der Waals surface area contributed by atoms with Crippen molar-refractivity contribution in [2.75, 3.05) is 19.0 Å². The first-order valence-corrected chi connectivity index (χ1v) is 13.0. The normalized spacial score (nSPS) is 19.9. The number of benzene rings is 2. The molecule has 0 fully saturated rings. The molecule has 0 radical (unpaired) electrons. The van der Waals surface area contributed by atoms with Gasteiger partial charge in [-0.2, -0.15) is 0 Å². The minimum absolute atomic E-state index is 0.0513. The third kappa shape index (κ3) is 5.53. The summed E-state index contributed by atoms with van der Waals surface area (Å²) >= 11 is 8.02. The molecule has 0 aliphatic heterocycles. The van der Waals surface area contributed by atoms with Gasteiger partial charge in [0.15, 0.2) is 5.16 Å². The molecule has 1 heterocycles. The van der Waals surface area contributed by atoms with Crippen LogP contribution in [0.3, 0.4) is 0 Å². The number of ether oxygens (including phenoxy) is 1. The van der Waals surface area contributed by atoms with Crippen LogP contribution >= 0.6 is 23.4 Å². The van der Waals surface area contributed by atoms with Crippen LogP contribution < -0.4 is 4.74 Å². The number of rotatable bonds is 9. The summed E-state index contributed by atoms with van der Waals surface area (Å²) in [6.45, 7) is 6.16. The van der Waals surface area contributed by atoms with Crippen molar-refractivity contribution in [1.82, 2.24) is 9.55 Å². The van der Waals surface area contributed by atoms with Crippen LogP contribution in [0, 0.1) is 11.7 Å². The van der Waals surface area contributed by atoms with Crippen molar-refractivity contribution in [1.29, 1.82) is 0 Å². The van der Waals surface area contributed by atoms with Gasteiger partial charge in [-0.3, -0.25) is 4.57 Å². The average molecular weight is 531 g/mol. The van der Waals surface area contributed by atoms with Crippen molar-refractivity contribution in [2.24, 2.45) is 5.92 Å². The van der Waals surface area contributed by atoms with Gasteiger partial charge in [-0.15, -0.1) is 11.6 Å². The van der Waals surface area contributed by atoms with E-state index in [2.05, 4.69) is 13.8 Å². The quantitative estimate of drug-likeness (QED) is 0.243. The number of thioether (sulfide) groups is 1. The van der Waals surface area contributed by atoms with E-state index in [-0.39, 0.29) is 24.9 Å². The maximum Gasteiger partial charge on any atom is 0.172 e. The van der Waals surface area contributed by atoms with E-state index in [1.54, 1.807) is 31.2 Å². The molecule has 2 unspecified atom stereocenters. The number of halogens is 3. The van der Waals surface area contributed by atoms with E-state index < -0.39 is 16.2 Å². The van der Waals surface area contributed by atoms with Crippen LogP contribution in [-0.4, -0.2) is 38.5 Å². The zero-order chi connectivity index (χ0) is 25.9. The lowest BCUT2D eigenvalue weighted by atomic mass is 9.81. The molecular weight excluding hydrogens is 502 g/mol. The molecule has 1 aliphatic carbocycles. The second-order valence-electron chi connectivity index (χ2n) is 9.38. The largest absolute Gasteiger partial charge is 0.491 e. The van der Waals surface area contributed by atoms with Gasteiger partial charge in [0.1, 0.15) is 24.0 Å². The second-order valence-corrected chi connectivity index (χ2v) is 11.2. The fraction of sp³-hybridized carbons (Fsp3) is 0.321. The zero-order valence-corrected chi connectivity index (χ0v) is 22.0. The van der Waals surface area contributed by atoms with E-state index in [0.29, 0.717) is 16.7 Å². The molecular formula is C28H29ClF2N2O2S. The predicted octanol–water partition coefficient (Wildman–Crippen LogP) is 6.84. The van der Waals surface area contributed by atoms with Crippen molar-refractivity contribution in [3.8, 4) is 11.4 Å². The smallest absolute Gasteiger partial charge is 0.172 e. The second kappa shape index (κ2) is 10.8. The van der Waals surface area contributed by atoms with Crippen LogP contribution in [0.4, 0.5) is 8.78 Å². The van der Waals surface area contributed by atoms with E-state index in [1.807, 2.05) is 35.0 Å². The molecule has 3 aromatic rings. The van der Waals surface area contributed by atoms with E-state index in [9.17, 15) is 8.78 Å². The van der Waals surface area contributed by atoms with E-state index in [0.717, 1.165) is 16.9 Å². The van der Waals surface area contributed by atoms with Gasteiger partial charge in [-0.05, 0) is 55.0 Å². The molecule has 4 nitrogen and oxygen atoms in total. The molecule has 36 heavy (non-hydrogen) atoms. The predicted molar refractivity (Wildman–Crippen MR) is 141 cm³/mol. The Morgan fingerprint density at radius 2 is 1.83 bits per heavy atom.